The van der Waals surface area contributed by atoms with Crippen LogP contribution in [0.5, 0.6) is 0 Å². The van der Waals surface area contributed by atoms with E-state index >= 15 is 0 Å². The van der Waals surface area contributed by atoms with Gasteiger partial charge in [0.1, 0.15) is 10.5 Å². The van der Waals surface area contributed by atoms with Crippen LogP contribution in [0.3, 0.4) is 0 Å². The van der Waals surface area contributed by atoms with Crippen molar-refractivity contribution in [1.82, 2.24) is 24.3 Å². The summed E-state index contributed by atoms with van der Waals surface area (Å²) in [5.41, 5.74) is 4.34. The van der Waals surface area contributed by atoms with Crippen molar-refractivity contribution in [1.29, 1.82) is 0 Å². The first-order valence-electron chi connectivity index (χ1n) is 6.31. The number of fused-ring (bicyclic) bond motifs is 2. The molecule has 0 radical (unpaired) electrons. The number of thiazole rings is 1. The summed E-state index contributed by atoms with van der Waals surface area (Å²) in [5.74, 6) is 0. The van der Waals surface area contributed by atoms with E-state index in [0.29, 0.717) is 6.37 Å². The minimum atomic E-state index is 0.613. The van der Waals surface area contributed by atoms with E-state index in [1.807, 2.05) is 28.6 Å². The molecule has 0 fully saturated rings. The Morgan fingerprint density at radius 1 is 1.24 bits per heavy atom. The Kier molecular flexibility index (Phi) is 3.24. The van der Waals surface area contributed by atoms with Gasteiger partial charge in [-0.15, -0.1) is 0 Å². The van der Waals surface area contributed by atoms with E-state index in [1.54, 1.807) is 11.3 Å². The Hall–Kier alpha value is -1.05. The summed E-state index contributed by atoms with van der Waals surface area (Å²) in [7, 11) is 1.95. The highest BCUT2D eigenvalue weighted by molar-refractivity contribution is 14.2. The maximum Gasteiger partial charge on any atom is 0.166 e. The lowest BCUT2D eigenvalue weighted by molar-refractivity contribution is 0.779. The van der Waals surface area contributed by atoms with Gasteiger partial charge < -0.3 is 0 Å². The Bertz CT molecular complexity index is 938. The van der Waals surface area contributed by atoms with Crippen molar-refractivity contribution >= 4 is 61.0 Å². The van der Waals surface area contributed by atoms with Gasteiger partial charge in [0, 0.05) is 24.2 Å². The Morgan fingerprint density at radius 2 is 2.10 bits per heavy atom. The smallest absolute Gasteiger partial charge is 0.166 e. The van der Waals surface area contributed by atoms with Crippen LogP contribution in [-0.2, 0) is 7.05 Å². The van der Waals surface area contributed by atoms with E-state index in [9.17, 15) is 0 Å². The van der Waals surface area contributed by atoms with Gasteiger partial charge in [0.2, 0.25) is 0 Å². The SMILES string of the molecule is Cc1cc(-c2nc3cn(PI)nc3s2)cc2cn(C)nc12. The number of hydrogen-bond acceptors (Lipinski definition) is 4. The van der Waals surface area contributed by atoms with Crippen molar-refractivity contribution in [3.63, 3.8) is 0 Å². The molecule has 0 aliphatic heterocycles. The molecule has 0 saturated heterocycles. The van der Waals surface area contributed by atoms with Crippen LogP contribution in [0.2, 0.25) is 0 Å². The van der Waals surface area contributed by atoms with Crippen LogP contribution in [-0.4, -0.2) is 24.3 Å². The van der Waals surface area contributed by atoms with Crippen LogP contribution in [0.25, 0.3) is 31.8 Å². The molecule has 8 heteroatoms. The minimum absolute atomic E-state index is 0.613. The van der Waals surface area contributed by atoms with Crippen molar-refractivity contribution in [2.24, 2.45) is 7.05 Å². The highest BCUT2D eigenvalue weighted by Crippen LogP contribution is 2.34. The van der Waals surface area contributed by atoms with E-state index in [4.69, 9.17) is 4.98 Å². The predicted molar refractivity (Wildman–Crippen MR) is 97.6 cm³/mol. The van der Waals surface area contributed by atoms with Crippen LogP contribution in [0.1, 0.15) is 5.56 Å². The molecule has 0 bridgehead atoms. The molecule has 1 unspecified atom stereocenters. The molecule has 21 heavy (non-hydrogen) atoms. The molecule has 106 valence electrons. The van der Waals surface area contributed by atoms with Crippen molar-refractivity contribution in [2.75, 3.05) is 0 Å². The number of aromatic nitrogens is 5. The molecule has 3 aromatic heterocycles. The van der Waals surface area contributed by atoms with E-state index in [0.717, 1.165) is 31.8 Å². The predicted octanol–water partition coefficient (Wildman–Crippen LogP) is 4.15. The average Bonchev–Trinajstić information content (AvgIpc) is 3.09. The lowest BCUT2D eigenvalue weighted by atomic mass is 10.1. The van der Waals surface area contributed by atoms with Crippen LogP contribution in [0.4, 0.5) is 0 Å². The molecule has 0 aliphatic rings. The zero-order valence-electron chi connectivity index (χ0n) is 11.3. The molecular weight excluding hydrogens is 416 g/mol. The quantitative estimate of drug-likeness (QED) is 0.357. The van der Waals surface area contributed by atoms with Crippen molar-refractivity contribution in [2.45, 2.75) is 6.92 Å². The third-order valence-electron chi connectivity index (χ3n) is 3.32. The largest absolute Gasteiger partial charge is 0.275 e. The van der Waals surface area contributed by atoms with Gasteiger partial charge >= 0.3 is 0 Å². The second kappa shape index (κ2) is 5.00. The van der Waals surface area contributed by atoms with Gasteiger partial charge in [0.15, 0.2) is 4.83 Å². The van der Waals surface area contributed by atoms with Gasteiger partial charge in [-0.2, -0.15) is 10.2 Å². The van der Waals surface area contributed by atoms with E-state index in [-0.39, 0.29) is 0 Å². The first-order chi connectivity index (χ1) is 10.1. The summed E-state index contributed by atoms with van der Waals surface area (Å²) in [6.07, 6.45) is 4.67. The maximum atomic E-state index is 4.72. The molecule has 0 N–H and O–H groups in total. The fraction of sp³-hybridized carbons (Fsp3) is 0.154. The van der Waals surface area contributed by atoms with E-state index < -0.39 is 0 Å². The van der Waals surface area contributed by atoms with Crippen LogP contribution >= 0.6 is 39.8 Å². The Balaban J connectivity index is 1.88. The summed E-state index contributed by atoms with van der Waals surface area (Å²) in [5, 5.41) is 11.2. The minimum Gasteiger partial charge on any atom is -0.275 e. The average molecular weight is 427 g/mol. The van der Waals surface area contributed by atoms with Gasteiger partial charge in [0.05, 0.1) is 18.1 Å². The molecule has 0 saturated carbocycles. The van der Waals surface area contributed by atoms with Crippen molar-refractivity contribution in [3.8, 4) is 10.6 Å². The second-order valence-corrected chi connectivity index (χ2v) is 7.95. The zero-order valence-corrected chi connectivity index (χ0v) is 15.3. The number of nitrogens with zero attached hydrogens (tertiary/aromatic N) is 5. The summed E-state index contributed by atoms with van der Waals surface area (Å²) in [6.45, 7) is 2.09. The second-order valence-electron chi connectivity index (χ2n) is 4.90. The van der Waals surface area contributed by atoms with Crippen molar-refractivity contribution in [3.05, 3.63) is 30.1 Å². The fourth-order valence-corrected chi connectivity index (χ4v) is 4.46. The summed E-state index contributed by atoms with van der Waals surface area (Å²) >= 11 is 3.96. The number of hydrogen-bond donors (Lipinski definition) is 0. The van der Waals surface area contributed by atoms with Crippen LogP contribution < -0.4 is 0 Å². The highest BCUT2D eigenvalue weighted by Gasteiger charge is 2.12. The summed E-state index contributed by atoms with van der Waals surface area (Å²) in [6, 6.07) is 4.31. The normalized spacial score (nSPS) is 12.3. The lowest BCUT2D eigenvalue weighted by Crippen LogP contribution is -1.86. The zero-order chi connectivity index (χ0) is 14.6. The van der Waals surface area contributed by atoms with E-state index in [1.165, 1.54) is 5.56 Å². The standard InChI is InChI=1S/C13H11IN5PS/c1-7-3-8(4-9-5-18(2)16-11(7)9)12-15-10-6-19(20-14)17-13(10)21-12/h3-6,20H,1-2H3. The molecule has 1 atom stereocenters. The number of rotatable bonds is 2. The molecule has 0 aliphatic carbocycles. The highest BCUT2D eigenvalue weighted by atomic mass is 127. The van der Waals surface area contributed by atoms with Gasteiger partial charge in [-0.25, -0.2) is 9.44 Å². The Morgan fingerprint density at radius 3 is 2.86 bits per heavy atom. The van der Waals surface area contributed by atoms with Crippen LogP contribution in [0.15, 0.2) is 24.5 Å². The molecule has 0 amide bonds. The summed E-state index contributed by atoms with van der Waals surface area (Å²) in [4.78, 5) is 5.71. The molecule has 4 aromatic rings. The molecular formula is C13H11IN5PS. The van der Waals surface area contributed by atoms with Crippen LogP contribution in [0, 0.1) is 6.92 Å². The number of benzene rings is 1. The first kappa shape index (κ1) is 13.6. The van der Waals surface area contributed by atoms with Gasteiger partial charge in [-0.3, -0.25) is 4.68 Å². The van der Waals surface area contributed by atoms with Crippen molar-refractivity contribution < 1.29 is 0 Å². The van der Waals surface area contributed by atoms with E-state index in [2.05, 4.69) is 51.3 Å². The molecule has 5 nitrogen and oxygen atoms in total. The monoisotopic (exact) mass is 427 g/mol. The Labute approximate surface area is 139 Å². The molecule has 4 rings (SSSR count). The molecule has 3 heterocycles. The number of halogens is 1. The third kappa shape index (κ3) is 2.27. The van der Waals surface area contributed by atoms with Gasteiger partial charge in [-0.05, 0) is 46.7 Å². The lowest BCUT2D eigenvalue weighted by Gasteiger charge is -2.00. The first-order valence-corrected chi connectivity index (χ1v) is 11.2. The maximum absolute atomic E-state index is 4.72. The van der Waals surface area contributed by atoms with Gasteiger partial charge in [-0.1, -0.05) is 11.3 Å². The molecule has 1 aromatic carbocycles. The molecule has 0 spiro atoms. The fourth-order valence-electron chi connectivity index (χ4n) is 2.44. The van der Waals surface area contributed by atoms with Gasteiger partial charge in [0.25, 0.3) is 0 Å². The number of aryl methyl sites for hydroxylation is 2. The topological polar surface area (TPSA) is 48.5 Å². The third-order valence-corrected chi connectivity index (χ3v) is 6.21. The summed E-state index contributed by atoms with van der Waals surface area (Å²) < 4.78 is 3.79.